The Morgan fingerprint density at radius 3 is 2.41 bits per heavy atom. The van der Waals surface area contributed by atoms with E-state index in [2.05, 4.69) is 4.90 Å². The molecule has 0 spiro atoms. The van der Waals surface area contributed by atoms with E-state index in [9.17, 15) is 9.59 Å². The van der Waals surface area contributed by atoms with Crippen molar-refractivity contribution in [3.8, 4) is 11.5 Å². The first kappa shape index (κ1) is 22.9. The van der Waals surface area contributed by atoms with Crippen LogP contribution in [0.5, 0.6) is 11.5 Å². The average Bonchev–Trinajstić information content (AvgIpc) is 3.23. The van der Waals surface area contributed by atoms with Crippen LogP contribution in [-0.2, 0) is 16.0 Å². The molecule has 3 aliphatic rings. The molecular weight excluding hydrogens is 406 g/mol. The second kappa shape index (κ2) is 10.6. The van der Waals surface area contributed by atoms with Gasteiger partial charge in [-0.15, -0.1) is 0 Å². The van der Waals surface area contributed by atoms with Gasteiger partial charge in [0.05, 0.1) is 20.1 Å². The van der Waals surface area contributed by atoms with E-state index in [0.29, 0.717) is 37.1 Å². The van der Waals surface area contributed by atoms with E-state index in [1.807, 2.05) is 28.0 Å². The number of methoxy groups -OCH3 is 2. The van der Waals surface area contributed by atoms with Crippen molar-refractivity contribution in [3.63, 3.8) is 0 Å². The Balaban J connectivity index is 1.26. The summed E-state index contributed by atoms with van der Waals surface area (Å²) < 4.78 is 10.7. The number of carbonyl (C=O) groups is 2. The maximum Gasteiger partial charge on any atom is 0.228 e. The average molecular weight is 444 g/mol. The van der Waals surface area contributed by atoms with Gasteiger partial charge in [-0.2, -0.15) is 0 Å². The third-order valence-electron chi connectivity index (χ3n) is 7.40. The van der Waals surface area contributed by atoms with Crippen molar-refractivity contribution in [1.82, 2.24) is 14.7 Å². The molecule has 2 aliphatic heterocycles. The highest BCUT2D eigenvalue weighted by Crippen LogP contribution is 2.29. The molecule has 32 heavy (non-hydrogen) atoms. The highest BCUT2D eigenvalue weighted by molar-refractivity contribution is 5.89. The monoisotopic (exact) mass is 443 g/mol. The largest absolute Gasteiger partial charge is 0.493 e. The zero-order valence-corrected chi connectivity index (χ0v) is 19.6. The molecule has 4 rings (SSSR count). The zero-order valence-electron chi connectivity index (χ0n) is 19.6. The number of hydrogen-bond acceptors (Lipinski definition) is 5. The van der Waals surface area contributed by atoms with Crippen LogP contribution in [-0.4, -0.2) is 86.0 Å². The Morgan fingerprint density at radius 2 is 1.72 bits per heavy atom. The third kappa shape index (κ3) is 5.20. The number of carbonyl (C=O) groups excluding carboxylic acids is 2. The van der Waals surface area contributed by atoms with E-state index < -0.39 is 0 Å². The van der Waals surface area contributed by atoms with Crippen LogP contribution in [0.15, 0.2) is 18.2 Å². The van der Waals surface area contributed by atoms with Crippen molar-refractivity contribution in [2.24, 2.45) is 5.92 Å². The fraction of sp³-hybridized carbons (Fsp3) is 0.680. The standard InChI is InChI=1S/C25H37N3O4/c1-31-22-9-8-19(16-23(22)32-2)10-11-28-18-20(17-24(28)29)25(30)27-14-12-26(13-15-27)21-6-4-3-5-7-21/h8-9,16,20-21H,3-7,10-15,17-18H2,1-2H3/t20-/m1/s1. The molecule has 7 heteroatoms. The molecule has 7 nitrogen and oxygen atoms in total. The molecule has 1 atom stereocenters. The maximum absolute atomic E-state index is 13.1. The smallest absolute Gasteiger partial charge is 0.228 e. The van der Waals surface area contributed by atoms with Crippen LogP contribution in [0.25, 0.3) is 0 Å². The molecular formula is C25H37N3O4. The normalized spacial score (nSPS) is 22.9. The number of hydrogen-bond donors (Lipinski definition) is 0. The summed E-state index contributed by atoms with van der Waals surface area (Å²) in [5.74, 6) is 1.44. The minimum atomic E-state index is -0.200. The molecule has 0 unspecified atom stereocenters. The minimum Gasteiger partial charge on any atom is -0.493 e. The second-order valence-corrected chi connectivity index (χ2v) is 9.33. The van der Waals surface area contributed by atoms with E-state index in [1.54, 1.807) is 14.2 Å². The lowest BCUT2D eigenvalue weighted by molar-refractivity contribution is -0.137. The highest BCUT2D eigenvalue weighted by Gasteiger charge is 2.37. The maximum atomic E-state index is 13.1. The minimum absolute atomic E-state index is 0.0877. The van der Waals surface area contributed by atoms with E-state index in [4.69, 9.17) is 9.47 Å². The summed E-state index contributed by atoms with van der Waals surface area (Å²) in [7, 11) is 3.24. The van der Waals surface area contributed by atoms with Gasteiger partial charge < -0.3 is 19.3 Å². The summed E-state index contributed by atoms with van der Waals surface area (Å²) in [6, 6.07) is 6.55. The molecule has 2 heterocycles. The van der Waals surface area contributed by atoms with Crippen molar-refractivity contribution in [1.29, 1.82) is 0 Å². The van der Waals surface area contributed by atoms with E-state index >= 15 is 0 Å². The molecule has 2 amide bonds. The first-order valence-electron chi connectivity index (χ1n) is 12.1. The Hall–Kier alpha value is -2.28. The number of amides is 2. The summed E-state index contributed by atoms with van der Waals surface area (Å²) in [5.41, 5.74) is 1.09. The van der Waals surface area contributed by atoms with Gasteiger partial charge in [0.15, 0.2) is 11.5 Å². The van der Waals surface area contributed by atoms with Crippen LogP contribution in [0, 0.1) is 5.92 Å². The van der Waals surface area contributed by atoms with E-state index in [-0.39, 0.29) is 17.7 Å². The van der Waals surface area contributed by atoms with Crippen molar-refractivity contribution in [2.45, 2.75) is 51.0 Å². The van der Waals surface area contributed by atoms with Gasteiger partial charge in [-0.3, -0.25) is 14.5 Å². The van der Waals surface area contributed by atoms with Crippen LogP contribution < -0.4 is 9.47 Å². The van der Waals surface area contributed by atoms with Gasteiger partial charge in [-0.25, -0.2) is 0 Å². The third-order valence-corrected chi connectivity index (χ3v) is 7.40. The van der Waals surface area contributed by atoms with E-state index in [1.165, 1.54) is 32.1 Å². The van der Waals surface area contributed by atoms with Crippen molar-refractivity contribution in [3.05, 3.63) is 23.8 Å². The summed E-state index contributed by atoms with van der Waals surface area (Å²) >= 11 is 0. The predicted octanol–water partition coefficient (Wildman–Crippen LogP) is 2.57. The van der Waals surface area contributed by atoms with Crippen LogP contribution in [0.3, 0.4) is 0 Å². The fourth-order valence-corrected chi connectivity index (χ4v) is 5.47. The van der Waals surface area contributed by atoms with Gasteiger partial charge in [-0.05, 0) is 37.0 Å². The topological polar surface area (TPSA) is 62.3 Å². The second-order valence-electron chi connectivity index (χ2n) is 9.33. The predicted molar refractivity (Wildman–Crippen MR) is 123 cm³/mol. The molecule has 0 bridgehead atoms. The molecule has 0 aromatic heterocycles. The lowest BCUT2D eigenvalue weighted by Crippen LogP contribution is -2.53. The Bertz CT molecular complexity index is 800. The molecule has 0 radical (unpaired) electrons. The molecule has 1 aliphatic carbocycles. The summed E-state index contributed by atoms with van der Waals surface area (Å²) in [6.07, 6.45) is 7.73. The quantitative estimate of drug-likeness (QED) is 0.648. The molecule has 176 valence electrons. The zero-order chi connectivity index (χ0) is 22.5. The Labute approximate surface area is 191 Å². The highest BCUT2D eigenvalue weighted by atomic mass is 16.5. The molecule has 0 N–H and O–H groups in total. The lowest BCUT2D eigenvalue weighted by atomic mass is 9.93. The van der Waals surface area contributed by atoms with Gasteiger partial charge in [0, 0.05) is 51.7 Å². The van der Waals surface area contributed by atoms with Gasteiger partial charge in [-0.1, -0.05) is 25.3 Å². The number of nitrogens with zero attached hydrogens (tertiary/aromatic N) is 3. The van der Waals surface area contributed by atoms with Crippen LogP contribution in [0.4, 0.5) is 0 Å². The Morgan fingerprint density at radius 1 is 1.00 bits per heavy atom. The summed E-state index contributed by atoms with van der Waals surface area (Å²) in [4.78, 5) is 32.1. The van der Waals surface area contributed by atoms with Gasteiger partial charge in [0.2, 0.25) is 11.8 Å². The summed E-state index contributed by atoms with van der Waals surface area (Å²) in [6.45, 7) is 4.69. The molecule has 3 fully saturated rings. The van der Waals surface area contributed by atoms with Gasteiger partial charge >= 0.3 is 0 Å². The van der Waals surface area contributed by atoms with E-state index in [0.717, 1.165) is 38.2 Å². The number of likely N-dealkylation sites (tertiary alicyclic amines) is 1. The molecule has 2 saturated heterocycles. The lowest BCUT2D eigenvalue weighted by Gasteiger charge is -2.41. The number of piperazine rings is 1. The van der Waals surface area contributed by atoms with Crippen LogP contribution in [0.1, 0.15) is 44.1 Å². The number of rotatable bonds is 7. The Kier molecular flexibility index (Phi) is 7.55. The van der Waals surface area contributed by atoms with Crippen molar-refractivity contribution >= 4 is 11.8 Å². The number of ether oxygens (including phenoxy) is 2. The molecule has 1 saturated carbocycles. The fourth-order valence-electron chi connectivity index (χ4n) is 5.47. The van der Waals surface area contributed by atoms with Crippen molar-refractivity contribution in [2.75, 3.05) is 53.5 Å². The van der Waals surface area contributed by atoms with Crippen LogP contribution in [0.2, 0.25) is 0 Å². The first-order chi connectivity index (χ1) is 15.6. The SMILES string of the molecule is COc1ccc(CCN2C[C@H](C(=O)N3CCN(C4CCCCC4)CC3)CC2=O)cc1OC. The van der Waals surface area contributed by atoms with Crippen molar-refractivity contribution < 1.29 is 19.1 Å². The van der Waals surface area contributed by atoms with Crippen LogP contribution >= 0.6 is 0 Å². The number of benzene rings is 1. The molecule has 1 aromatic carbocycles. The van der Waals surface area contributed by atoms with Gasteiger partial charge in [0.1, 0.15) is 0 Å². The summed E-state index contributed by atoms with van der Waals surface area (Å²) in [5, 5.41) is 0. The van der Waals surface area contributed by atoms with Gasteiger partial charge in [0.25, 0.3) is 0 Å². The first-order valence-corrected chi connectivity index (χ1v) is 12.1. The molecule has 1 aromatic rings.